The predicted molar refractivity (Wildman–Crippen MR) is 88.6 cm³/mol. The molecule has 0 atom stereocenters. The first-order valence-corrected chi connectivity index (χ1v) is 8.90. The van der Waals surface area contributed by atoms with Crippen LogP contribution in [0.15, 0.2) is 60.7 Å². The minimum absolute atomic E-state index is 0.0446. The molecule has 0 spiro atoms. The number of aromatic hydroxyl groups is 1. The molecule has 106 valence electrons. The fraction of sp³-hybridized carbons (Fsp3) is 0.111. The molecule has 0 saturated carbocycles. The van der Waals surface area contributed by atoms with Crippen LogP contribution >= 0.6 is 11.6 Å². The van der Waals surface area contributed by atoms with Gasteiger partial charge in [-0.05, 0) is 0 Å². The van der Waals surface area contributed by atoms with Gasteiger partial charge in [0.1, 0.15) is 0 Å². The summed E-state index contributed by atoms with van der Waals surface area (Å²) in [6.45, 7) is 0. The molecular formula is C18H15ClOSe. The maximum atomic E-state index is 10.0. The summed E-state index contributed by atoms with van der Waals surface area (Å²) in [5.74, 6) is 0. The molecule has 3 aromatic rings. The summed E-state index contributed by atoms with van der Waals surface area (Å²) in [6, 6.07) is 20.6. The third-order valence-electron chi connectivity index (χ3n) is 3.44. The molecule has 0 aliphatic heterocycles. The Morgan fingerprint density at radius 1 is 0.810 bits per heavy atom. The van der Waals surface area contributed by atoms with Crippen molar-refractivity contribution in [2.75, 3.05) is 0 Å². The van der Waals surface area contributed by atoms with Gasteiger partial charge in [0, 0.05) is 0 Å². The monoisotopic (exact) mass is 362 g/mol. The minimum atomic E-state index is -0.0446. The van der Waals surface area contributed by atoms with E-state index in [2.05, 4.69) is 24.3 Å². The van der Waals surface area contributed by atoms with Crippen LogP contribution in [0.4, 0.5) is 0 Å². The van der Waals surface area contributed by atoms with Crippen LogP contribution < -0.4 is 0 Å². The first-order chi connectivity index (χ1) is 10.2. The molecule has 21 heavy (non-hydrogen) atoms. The van der Waals surface area contributed by atoms with Crippen molar-refractivity contribution in [3.8, 4) is 4.62 Å². The summed E-state index contributed by atoms with van der Waals surface area (Å²) in [4.78, 5) is 0. The third-order valence-corrected chi connectivity index (χ3v) is 6.27. The van der Waals surface area contributed by atoms with E-state index in [1.165, 1.54) is 15.6 Å². The van der Waals surface area contributed by atoms with Gasteiger partial charge >= 0.3 is 135 Å². The zero-order valence-corrected chi connectivity index (χ0v) is 13.9. The van der Waals surface area contributed by atoms with Crippen LogP contribution in [0, 0.1) is 0 Å². The second-order valence-electron chi connectivity index (χ2n) is 4.95. The van der Waals surface area contributed by atoms with Crippen LogP contribution in [0.1, 0.15) is 21.1 Å². The molecule has 1 aromatic heterocycles. The molecule has 0 radical (unpaired) electrons. The Bertz CT molecular complexity index is 720. The molecule has 0 amide bonds. The number of hydrogen-bond donors (Lipinski definition) is 1. The van der Waals surface area contributed by atoms with Gasteiger partial charge in [-0.1, -0.05) is 0 Å². The average Bonchev–Trinajstić information content (AvgIpc) is 2.77. The van der Waals surface area contributed by atoms with Crippen LogP contribution in [0.5, 0.6) is 4.62 Å². The Morgan fingerprint density at radius 3 is 1.90 bits per heavy atom. The molecule has 0 saturated heterocycles. The normalized spacial score (nSPS) is 10.7. The van der Waals surface area contributed by atoms with E-state index in [-0.39, 0.29) is 14.5 Å². The Balaban J connectivity index is 1.92. The number of benzene rings is 2. The van der Waals surface area contributed by atoms with Gasteiger partial charge in [-0.25, -0.2) is 0 Å². The number of hydrogen-bond acceptors (Lipinski definition) is 1. The number of halogens is 1. The molecular weight excluding hydrogens is 347 g/mol. The molecule has 1 heterocycles. The molecule has 0 bridgehead atoms. The zero-order valence-electron chi connectivity index (χ0n) is 11.4. The van der Waals surface area contributed by atoms with Gasteiger partial charge in [-0.15, -0.1) is 0 Å². The summed E-state index contributed by atoms with van der Waals surface area (Å²) < 4.78 is 1.64. The van der Waals surface area contributed by atoms with Crippen molar-refractivity contribution in [3.63, 3.8) is 0 Å². The summed E-state index contributed by atoms with van der Waals surface area (Å²) in [7, 11) is 0. The Hall–Kier alpha value is -1.47. The van der Waals surface area contributed by atoms with Crippen molar-refractivity contribution in [2.24, 2.45) is 0 Å². The summed E-state index contributed by atoms with van der Waals surface area (Å²) in [5.41, 5.74) is 3.59. The van der Waals surface area contributed by atoms with Crippen LogP contribution in [0.3, 0.4) is 0 Å². The molecule has 3 rings (SSSR count). The summed E-state index contributed by atoms with van der Waals surface area (Å²) in [5, 5.41) is 10.6. The van der Waals surface area contributed by atoms with E-state index < -0.39 is 0 Å². The molecule has 3 heteroatoms. The molecule has 2 aromatic carbocycles. The molecule has 1 N–H and O–H groups in total. The van der Waals surface area contributed by atoms with E-state index >= 15 is 0 Å². The van der Waals surface area contributed by atoms with E-state index in [0.717, 1.165) is 18.4 Å². The van der Waals surface area contributed by atoms with Crippen LogP contribution in [-0.2, 0) is 12.8 Å². The van der Waals surface area contributed by atoms with Crippen LogP contribution in [0.2, 0.25) is 5.02 Å². The van der Waals surface area contributed by atoms with Crippen molar-refractivity contribution in [2.45, 2.75) is 12.8 Å². The number of rotatable bonds is 4. The second kappa shape index (κ2) is 6.53. The Kier molecular flexibility index (Phi) is 4.50. The van der Waals surface area contributed by atoms with Gasteiger partial charge in [0.2, 0.25) is 0 Å². The van der Waals surface area contributed by atoms with E-state index in [1.807, 2.05) is 36.4 Å². The van der Waals surface area contributed by atoms with Crippen molar-refractivity contribution >= 4 is 26.1 Å². The second-order valence-corrected chi connectivity index (χ2v) is 7.60. The molecule has 1 nitrogen and oxygen atoms in total. The SMILES string of the molecule is Oc1[se]c(Cc2ccccc2)c(Cc2ccccc2)c1Cl. The van der Waals surface area contributed by atoms with Gasteiger partial charge in [-0.2, -0.15) is 0 Å². The van der Waals surface area contributed by atoms with E-state index in [4.69, 9.17) is 11.6 Å². The Morgan fingerprint density at radius 2 is 1.33 bits per heavy atom. The van der Waals surface area contributed by atoms with E-state index in [1.54, 1.807) is 0 Å². The van der Waals surface area contributed by atoms with Crippen molar-refractivity contribution in [1.29, 1.82) is 0 Å². The first-order valence-electron chi connectivity index (χ1n) is 6.81. The summed E-state index contributed by atoms with van der Waals surface area (Å²) in [6.07, 6.45) is 1.65. The summed E-state index contributed by atoms with van der Waals surface area (Å²) >= 11 is 6.28. The third kappa shape index (κ3) is 3.41. The fourth-order valence-corrected chi connectivity index (χ4v) is 4.94. The first kappa shape index (κ1) is 14.5. The molecule has 0 aliphatic rings. The molecule has 0 unspecified atom stereocenters. The van der Waals surface area contributed by atoms with E-state index in [0.29, 0.717) is 9.65 Å². The van der Waals surface area contributed by atoms with Gasteiger partial charge in [0.15, 0.2) is 0 Å². The fourth-order valence-electron chi connectivity index (χ4n) is 2.37. The van der Waals surface area contributed by atoms with Crippen molar-refractivity contribution in [1.82, 2.24) is 0 Å². The van der Waals surface area contributed by atoms with Crippen LogP contribution in [0.25, 0.3) is 0 Å². The van der Waals surface area contributed by atoms with Gasteiger partial charge < -0.3 is 0 Å². The van der Waals surface area contributed by atoms with Crippen LogP contribution in [-0.4, -0.2) is 19.6 Å². The standard InChI is InChI=1S/C18H15ClOSe/c19-17-15(11-13-7-3-1-4-8-13)16(21-18(17)20)12-14-9-5-2-6-10-14/h1-10,20H,11-12H2. The van der Waals surface area contributed by atoms with Gasteiger partial charge in [0.25, 0.3) is 0 Å². The molecule has 0 aliphatic carbocycles. The predicted octanol–water partition coefficient (Wildman–Crippen LogP) is 4.28. The van der Waals surface area contributed by atoms with Gasteiger partial charge in [0.05, 0.1) is 0 Å². The van der Waals surface area contributed by atoms with Gasteiger partial charge in [-0.3, -0.25) is 0 Å². The van der Waals surface area contributed by atoms with Crippen molar-refractivity contribution < 1.29 is 5.11 Å². The zero-order chi connectivity index (χ0) is 14.7. The van der Waals surface area contributed by atoms with Crippen molar-refractivity contribution in [3.05, 3.63) is 86.8 Å². The van der Waals surface area contributed by atoms with E-state index in [9.17, 15) is 5.11 Å². The topological polar surface area (TPSA) is 20.2 Å². The Labute approximate surface area is 135 Å². The maximum absolute atomic E-state index is 10.0. The molecule has 0 fully saturated rings. The quantitative estimate of drug-likeness (QED) is 0.688. The average molecular weight is 362 g/mol.